The average molecular weight is 276 g/mol. The molecule has 1 atom stereocenters. The van der Waals surface area contributed by atoms with E-state index in [4.69, 9.17) is 23.2 Å². The first-order valence-corrected chi connectivity index (χ1v) is 6.89. The molecular formula is C13H19Cl2NO. The molecule has 1 unspecified atom stereocenters. The number of halogens is 2. The Labute approximate surface area is 113 Å². The molecule has 2 nitrogen and oxygen atoms in total. The van der Waals surface area contributed by atoms with Crippen LogP contribution in [-0.2, 0) is 0 Å². The molecule has 0 saturated carbocycles. The van der Waals surface area contributed by atoms with E-state index < -0.39 is 6.10 Å². The second-order valence-corrected chi connectivity index (χ2v) is 5.08. The summed E-state index contributed by atoms with van der Waals surface area (Å²) in [7, 11) is 0. The van der Waals surface area contributed by atoms with E-state index in [-0.39, 0.29) is 0 Å². The van der Waals surface area contributed by atoms with Gasteiger partial charge in [-0.2, -0.15) is 0 Å². The summed E-state index contributed by atoms with van der Waals surface area (Å²) in [5.74, 6) is 0. The van der Waals surface area contributed by atoms with Crippen LogP contribution in [0.4, 0.5) is 0 Å². The number of rotatable bonds is 7. The van der Waals surface area contributed by atoms with Gasteiger partial charge in [0.05, 0.1) is 21.8 Å². The van der Waals surface area contributed by atoms with E-state index in [1.165, 1.54) is 25.5 Å². The summed E-state index contributed by atoms with van der Waals surface area (Å²) in [6.07, 6.45) is 7.51. The number of pyridine rings is 1. The molecular weight excluding hydrogens is 257 g/mol. The van der Waals surface area contributed by atoms with Crippen molar-refractivity contribution in [3.8, 4) is 0 Å². The fourth-order valence-corrected chi connectivity index (χ4v) is 2.25. The highest BCUT2D eigenvalue weighted by atomic mass is 35.5. The van der Waals surface area contributed by atoms with Crippen molar-refractivity contribution in [1.29, 1.82) is 0 Å². The Balaban J connectivity index is 2.38. The maximum Gasteiger partial charge on any atom is 0.0974 e. The molecule has 1 rings (SSSR count). The summed E-state index contributed by atoms with van der Waals surface area (Å²) in [6, 6.07) is 1.62. The van der Waals surface area contributed by atoms with Crippen molar-refractivity contribution in [2.45, 2.75) is 51.6 Å². The summed E-state index contributed by atoms with van der Waals surface area (Å²) < 4.78 is 0. The first kappa shape index (κ1) is 14.7. The summed E-state index contributed by atoms with van der Waals surface area (Å²) >= 11 is 11.7. The molecule has 0 amide bonds. The van der Waals surface area contributed by atoms with Crippen LogP contribution in [0.5, 0.6) is 0 Å². The molecule has 0 aliphatic heterocycles. The van der Waals surface area contributed by atoms with Crippen LogP contribution < -0.4 is 0 Å². The van der Waals surface area contributed by atoms with Crippen molar-refractivity contribution in [2.75, 3.05) is 0 Å². The lowest BCUT2D eigenvalue weighted by Gasteiger charge is -2.11. The largest absolute Gasteiger partial charge is 0.387 e. The molecule has 0 aliphatic rings. The standard InChI is InChI=1S/C13H19Cl2NO/c1-2-3-4-5-6-7-12(17)13-11(15)8-10(14)9-16-13/h8-9,12,17H,2-7H2,1H3. The third-order valence-electron chi connectivity index (χ3n) is 2.73. The van der Waals surface area contributed by atoms with Crippen molar-refractivity contribution in [1.82, 2.24) is 4.98 Å². The van der Waals surface area contributed by atoms with Crippen LogP contribution in [0.1, 0.15) is 57.2 Å². The second-order valence-electron chi connectivity index (χ2n) is 4.24. The molecule has 1 aromatic rings. The van der Waals surface area contributed by atoms with Gasteiger partial charge in [-0.1, -0.05) is 62.2 Å². The molecule has 17 heavy (non-hydrogen) atoms. The number of aliphatic hydroxyl groups excluding tert-OH is 1. The maximum absolute atomic E-state index is 9.96. The molecule has 4 heteroatoms. The number of nitrogens with zero attached hydrogens (tertiary/aromatic N) is 1. The number of hydrogen-bond acceptors (Lipinski definition) is 2. The van der Waals surface area contributed by atoms with Crippen molar-refractivity contribution in [3.05, 3.63) is 28.0 Å². The molecule has 1 heterocycles. The van der Waals surface area contributed by atoms with Gasteiger partial charge in [0.25, 0.3) is 0 Å². The van der Waals surface area contributed by atoms with Gasteiger partial charge in [-0.05, 0) is 12.5 Å². The lowest BCUT2D eigenvalue weighted by atomic mass is 10.1. The van der Waals surface area contributed by atoms with E-state index in [1.54, 1.807) is 6.07 Å². The molecule has 0 aliphatic carbocycles. The van der Waals surface area contributed by atoms with Gasteiger partial charge in [0.2, 0.25) is 0 Å². The quantitative estimate of drug-likeness (QED) is 0.727. The lowest BCUT2D eigenvalue weighted by Crippen LogP contribution is -2.01. The molecule has 0 aromatic carbocycles. The number of unbranched alkanes of at least 4 members (excludes halogenated alkanes) is 4. The first-order valence-electron chi connectivity index (χ1n) is 6.14. The van der Waals surface area contributed by atoms with Crippen LogP contribution in [0.3, 0.4) is 0 Å². The Morgan fingerprint density at radius 2 is 1.94 bits per heavy atom. The van der Waals surface area contributed by atoms with E-state index in [9.17, 15) is 5.11 Å². The number of aliphatic hydroxyl groups is 1. The molecule has 1 N–H and O–H groups in total. The average Bonchev–Trinajstić information content (AvgIpc) is 2.28. The van der Waals surface area contributed by atoms with Gasteiger partial charge in [-0.25, -0.2) is 0 Å². The minimum absolute atomic E-state index is 0.443. The van der Waals surface area contributed by atoms with Crippen molar-refractivity contribution < 1.29 is 5.11 Å². The topological polar surface area (TPSA) is 33.1 Å². The third kappa shape index (κ3) is 5.24. The van der Waals surface area contributed by atoms with Gasteiger partial charge >= 0.3 is 0 Å². The van der Waals surface area contributed by atoms with Gasteiger partial charge < -0.3 is 5.11 Å². The van der Waals surface area contributed by atoms with Crippen LogP contribution in [-0.4, -0.2) is 10.1 Å². The molecule has 0 radical (unpaired) electrons. The van der Waals surface area contributed by atoms with Gasteiger partial charge in [0.1, 0.15) is 0 Å². The van der Waals surface area contributed by atoms with Gasteiger partial charge in [-0.3, -0.25) is 4.98 Å². The highest BCUT2D eigenvalue weighted by molar-refractivity contribution is 6.34. The number of aromatic nitrogens is 1. The van der Waals surface area contributed by atoms with E-state index in [2.05, 4.69) is 11.9 Å². The first-order chi connectivity index (χ1) is 8.15. The third-order valence-corrected chi connectivity index (χ3v) is 3.24. The summed E-state index contributed by atoms with van der Waals surface area (Å²) in [6.45, 7) is 2.19. The van der Waals surface area contributed by atoms with Crippen molar-refractivity contribution in [2.24, 2.45) is 0 Å². The second kappa shape index (κ2) is 7.91. The Morgan fingerprint density at radius 1 is 1.24 bits per heavy atom. The highest BCUT2D eigenvalue weighted by Gasteiger charge is 2.13. The van der Waals surface area contributed by atoms with Crippen molar-refractivity contribution >= 4 is 23.2 Å². The Kier molecular flexibility index (Phi) is 6.86. The fraction of sp³-hybridized carbons (Fsp3) is 0.615. The van der Waals surface area contributed by atoms with Gasteiger partial charge in [0.15, 0.2) is 0 Å². The van der Waals surface area contributed by atoms with Crippen molar-refractivity contribution in [3.63, 3.8) is 0 Å². The SMILES string of the molecule is CCCCCCCC(O)c1ncc(Cl)cc1Cl. The Bertz CT molecular complexity index is 344. The van der Waals surface area contributed by atoms with E-state index in [0.717, 1.165) is 12.8 Å². The molecule has 1 aromatic heterocycles. The van der Waals surface area contributed by atoms with E-state index in [1.807, 2.05) is 0 Å². The van der Waals surface area contributed by atoms with Gasteiger partial charge in [0, 0.05) is 6.20 Å². The molecule has 0 saturated heterocycles. The maximum atomic E-state index is 9.96. The van der Waals surface area contributed by atoms with E-state index >= 15 is 0 Å². The van der Waals surface area contributed by atoms with Crippen LogP contribution in [0.15, 0.2) is 12.3 Å². The van der Waals surface area contributed by atoms with Gasteiger partial charge in [-0.15, -0.1) is 0 Å². The van der Waals surface area contributed by atoms with E-state index in [0.29, 0.717) is 22.2 Å². The summed E-state index contributed by atoms with van der Waals surface area (Å²) in [5.41, 5.74) is 0.534. The predicted molar refractivity (Wildman–Crippen MR) is 72.6 cm³/mol. The number of hydrogen-bond donors (Lipinski definition) is 1. The monoisotopic (exact) mass is 275 g/mol. The van der Waals surface area contributed by atoms with Crippen LogP contribution in [0.2, 0.25) is 10.0 Å². The van der Waals surface area contributed by atoms with Crippen LogP contribution in [0, 0.1) is 0 Å². The normalized spacial score (nSPS) is 12.7. The zero-order valence-electron chi connectivity index (χ0n) is 10.1. The molecule has 0 spiro atoms. The Morgan fingerprint density at radius 3 is 2.59 bits per heavy atom. The minimum Gasteiger partial charge on any atom is -0.387 e. The molecule has 0 bridgehead atoms. The highest BCUT2D eigenvalue weighted by Crippen LogP contribution is 2.26. The van der Waals surface area contributed by atoms with Crippen LogP contribution >= 0.6 is 23.2 Å². The smallest absolute Gasteiger partial charge is 0.0974 e. The minimum atomic E-state index is -0.582. The predicted octanol–water partition coefficient (Wildman–Crippen LogP) is 4.78. The molecule has 96 valence electrons. The zero-order valence-corrected chi connectivity index (χ0v) is 11.6. The Hall–Kier alpha value is -0.310. The fourth-order valence-electron chi connectivity index (χ4n) is 1.75. The summed E-state index contributed by atoms with van der Waals surface area (Å²) in [5, 5.41) is 10.9. The summed E-state index contributed by atoms with van der Waals surface area (Å²) in [4.78, 5) is 4.08. The molecule has 0 fully saturated rings. The zero-order chi connectivity index (χ0) is 12.7. The van der Waals surface area contributed by atoms with Crippen LogP contribution in [0.25, 0.3) is 0 Å². The lowest BCUT2D eigenvalue weighted by molar-refractivity contribution is 0.159.